The Morgan fingerprint density at radius 1 is 1.20 bits per heavy atom. The van der Waals surface area contributed by atoms with E-state index >= 15 is 0 Å². The quantitative estimate of drug-likeness (QED) is 0.885. The lowest BCUT2D eigenvalue weighted by Gasteiger charge is -2.25. The van der Waals surface area contributed by atoms with E-state index in [0.29, 0.717) is 36.1 Å². The highest BCUT2D eigenvalue weighted by molar-refractivity contribution is 7.89. The summed E-state index contributed by atoms with van der Waals surface area (Å²) in [6.45, 7) is 5.09. The van der Waals surface area contributed by atoms with Crippen LogP contribution in [0.5, 0.6) is 0 Å². The molecule has 0 radical (unpaired) electrons. The highest BCUT2D eigenvalue weighted by Gasteiger charge is 2.30. The van der Waals surface area contributed by atoms with Gasteiger partial charge in [-0.3, -0.25) is 4.79 Å². The van der Waals surface area contributed by atoms with Gasteiger partial charge in [-0.1, -0.05) is 18.2 Å². The van der Waals surface area contributed by atoms with Crippen molar-refractivity contribution in [1.82, 2.24) is 4.31 Å². The molecule has 6 nitrogen and oxygen atoms in total. The van der Waals surface area contributed by atoms with Crippen LogP contribution in [-0.4, -0.2) is 44.9 Å². The maximum atomic E-state index is 12.8. The number of carbonyl (C=O) groups excluding carboxylic acids is 1. The number of hydrogen-bond donors (Lipinski definition) is 1. The summed E-state index contributed by atoms with van der Waals surface area (Å²) in [5.41, 5.74) is 1.67. The number of nitrogens with one attached hydrogen (secondary N) is 1. The number of rotatable bonds is 4. The number of aryl methyl sites for hydroxylation is 2. The summed E-state index contributed by atoms with van der Waals surface area (Å²) in [6, 6.07) is 8.94. The Balaban J connectivity index is 1.84. The third-order valence-electron chi connectivity index (χ3n) is 4.08. The van der Waals surface area contributed by atoms with E-state index in [9.17, 15) is 13.2 Å². The van der Waals surface area contributed by atoms with E-state index in [-0.39, 0.29) is 10.8 Å². The van der Waals surface area contributed by atoms with E-state index in [1.54, 1.807) is 6.92 Å². The smallest absolute Gasteiger partial charge is 0.265 e. The summed E-state index contributed by atoms with van der Waals surface area (Å²) in [4.78, 5) is 13.7. The van der Waals surface area contributed by atoms with Gasteiger partial charge < -0.3 is 10.1 Å². The molecule has 1 fully saturated rings. The van der Waals surface area contributed by atoms with Crippen LogP contribution in [0.4, 0.5) is 5.69 Å². The maximum absolute atomic E-state index is 12.8. The maximum Gasteiger partial charge on any atom is 0.265 e. The van der Waals surface area contributed by atoms with Crippen LogP contribution in [0.1, 0.15) is 20.1 Å². The van der Waals surface area contributed by atoms with Gasteiger partial charge in [-0.15, -0.1) is 11.3 Å². The topological polar surface area (TPSA) is 75.7 Å². The average molecular weight is 380 g/mol. The van der Waals surface area contributed by atoms with Crippen LogP contribution in [0.15, 0.2) is 35.2 Å². The van der Waals surface area contributed by atoms with Crippen molar-refractivity contribution < 1.29 is 17.9 Å². The zero-order valence-electron chi connectivity index (χ0n) is 14.1. The van der Waals surface area contributed by atoms with E-state index < -0.39 is 10.0 Å². The highest BCUT2D eigenvalue weighted by atomic mass is 32.2. The Labute approximate surface area is 151 Å². The molecule has 1 aromatic carbocycles. The number of thiophene rings is 1. The van der Waals surface area contributed by atoms with E-state index in [4.69, 9.17) is 4.74 Å². The van der Waals surface area contributed by atoms with Crippen molar-refractivity contribution in [2.45, 2.75) is 18.7 Å². The van der Waals surface area contributed by atoms with Gasteiger partial charge in [0, 0.05) is 23.7 Å². The molecule has 1 N–H and O–H groups in total. The number of morpholine rings is 1. The number of para-hydroxylation sites is 1. The molecule has 25 heavy (non-hydrogen) atoms. The average Bonchev–Trinajstić information content (AvgIpc) is 3.00. The highest BCUT2D eigenvalue weighted by Crippen LogP contribution is 2.29. The lowest BCUT2D eigenvalue weighted by molar-refractivity contribution is 0.0730. The van der Waals surface area contributed by atoms with Crippen LogP contribution < -0.4 is 5.32 Å². The number of carbonyl (C=O) groups is 1. The molecule has 1 saturated heterocycles. The second kappa shape index (κ2) is 7.25. The van der Waals surface area contributed by atoms with Crippen molar-refractivity contribution >= 4 is 33.0 Å². The van der Waals surface area contributed by atoms with Gasteiger partial charge >= 0.3 is 0 Å². The van der Waals surface area contributed by atoms with Gasteiger partial charge in [0.05, 0.1) is 23.0 Å². The van der Waals surface area contributed by atoms with Crippen LogP contribution in [-0.2, 0) is 14.8 Å². The number of anilines is 1. The largest absolute Gasteiger partial charge is 0.379 e. The predicted molar refractivity (Wildman–Crippen MR) is 97.8 cm³/mol. The van der Waals surface area contributed by atoms with Crippen LogP contribution in [0, 0.1) is 13.8 Å². The molecule has 0 aliphatic carbocycles. The number of sulfonamides is 1. The third-order valence-corrected chi connectivity index (χ3v) is 7.28. The summed E-state index contributed by atoms with van der Waals surface area (Å²) in [5.74, 6) is -0.300. The lowest BCUT2D eigenvalue weighted by atomic mass is 10.2. The molecule has 0 bridgehead atoms. The van der Waals surface area contributed by atoms with Gasteiger partial charge in [0.2, 0.25) is 10.0 Å². The molecule has 8 heteroatoms. The Kier molecular flexibility index (Phi) is 5.24. The third kappa shape index (κ3) is 3.77. The molecule has 0 saturated carbocycles. The molecule has 1 aliphatic heterocycles. The second-order valence-electron chi connectivity index (χ2n) is 5.82. The van der Waals surface area contributed by atoms with Crippen LogP contribution >= 0.6 is 11.3 Å². The number of hydrogen-bond acceptors (Lipinski definition) is 5. The molecule has 2 aromatic rings. The van der Waals surface area contributed by atoms with Crippen molar-refractivity contribution in [2.75, 3.05) is 31.6 Å². The lowest BCUT2D eigenvalue weighted by Crippen LogP contribution is -2.40. The first-order chi connectivity index (χ1) is 11.9. The number of amides is 1. The van der Waals surface area contributed by atoms with Crippen molar-refractivity contribution in [3.63, 3.8) is 0 Å². The first kappa shape index (κ1) is 18.1. The minimum absolute atomic E-state index is 0.203. The molecule has 1 aromatic heterocycles. The fourth-order valence-electron chi connectivity index (χ4n) is 2.66. The Morgan fingerprint density at radius 2 is 1.88 bits per heavy atom. The van der Waals surface area contributed by atoms with E-state index in [2.05, 4.69) is 5.32 Å². The molecular formula is C17H20N2O4S2. The van der Waals surface area contributed by atoms with Crippen molar-refractivity contribution in [3.8, 4) is 0 Å². The molecule has 1 aliphatic rings. The Morgan fingerprint density at radius 3 is 2.56 bits per heavy atom. The Hall–Kier alpha value is -1.74. The minimum Gasteiger partial charge on any atom is -0.379 e. The van der Waals surface area contributed by atoms with E-state index in [1.165, 1.54) is 21.7 Å². The second-order valence-corrected chi connectivity index (χ2v) is 8.98. The fraction of sp³-hybridized carbons (Fsp3) is 0.353. The summed E-state index contributed by atoms with van der Waals surface area (Å²) in [7, 11) is -3.60. The molecule has 134 valence electrons. The molecule has 2 heterocycles. The molecule has 0 spiro atoms. The van der Waals surface area contributed by atoms with Gasteiger partial charge in [0.25, 0.3) is 5.91 Å². The van der Waals surface area contributed by atoms with Gasteiger partial charge in [0.1, 0.15) is 0 Å². The van der Waals surface area contributed by atoms with Crippen LogP contribution in [0.25, 0.3) is 0 Å². The van der Waals surface area contributed by atoms with E-state index in [0.717, 1.165) is 11.3 Å². The zero-order valence-corrected chi connectivity index (χ0v) is 15.7. The standard InChI is InChI=1S/C17H20N2O4S2/c1-12-5-3-4-6-14(12)18-17(20)15-11-16(13(2)24-15)25(21,22)19-7-9-23-10-8-19/h3-6,11H,7-10H2,1-2H3,(H,18,20). The normalized spacial score (nSPS) is 15.9. The fourth-order valence-corrected chi connectivity index (χ4v) is 5.52. The Bertz CT molecular complexity index is 884. The van der Waals surface area contributed by atoms with Crippen LogP contribution in [0.3, 0.4) is 0 Å². The molecule has 0 unspecified atom stereocenters. The predicted octanol–water partition coefficient (Wildman–Crippen LogP) is 2.64. The summed E-state index contributed by atoms with van der Waals surface area (Å²) >= 11 is 1.19. The monoisotopic (exact) mass is 380 g/mol. The van der Waals surface area contributed by atoms with Crippen molar-refractivity contribution in [1.29, 1.82) is 0 Å². The first-order valence-corrected chi connectivity index (χ1v) is 10.2. The van der Waals surface area contributed by atoms with Crippen molar-refractivity contribution in [3.05, 3.63) is 45.6 Å². The number of nitrogens with zero attached hydrogens (tertiary/aromatic N) is 1. The molecule has 3 rings (SSSR count). The van der Waals surface area contributed by atoms with Gasteiger partial charge in [-0.2, -0.15) is 4.31 Å². The summed E-state index contributed by atoms with van der Waals surface area (Å²) in [5, 5.41) is 2.84. The van der Waals surface area contributed by atoms with Crippen LogP contribution in [0.2, 0.25) is 0 Å². The summed E-state index contributed by atoms with van der Waals surface area (Å²) in [6.07, 6.45) is 0. The molecule has 1 amide bonds. The minimum atomic E-state index is -3.60. The first-order valence-electron chi connectivity index (χ1n) is 7.95. The molecular weight excluding hydrogens is 360 g/mol. The van der Waals surface area contributed by atoms with Gasteiger partial charge in [-0.05, 0) is 31.5 Å². The van der Waals surface area contributed by atoms with E-state index in [1.807, 2.05) is 31.2 Å². The van der Waals surface area contributed by atoms with Gasteiger partial charge in [0.15, 0.2) is 0 Å². The van der Waals surface area contributed by atoms with Gasteiger partial charge in [-0.25, -0.2) is 8.42 Å². The molecule has 0 atom stereocenters. The summed E-state index contributed by atoms with van der Waals surface area (Å²) < 4.78 is 32.2. The SMILES string of the molecule is Cc1ccccc1NC(=O)c1cc(S(=O)(=O)N2CCOCC2)c(C)s1. The number of benzene rings is 1. The van der Waals surface area contributed by atoms with Crippen molar-refractivity contribution in [2.24, 2.45) is 0 Å². The number of ether oxygens (including phenoxy) is 1. The zero-order chi connectivity index (χ0) is 18.0.